The molecule has 0 N–H and O–H groups in total. The van der Waals surface area contributed by atoms with Crippen molar-refractivity contribution in [3.05, 3.63) is 0 Å². The second-order valence-corrected chi connectivity index (χ2v) is 2.12. The van der Waals surface area contributed by atoms with Crippen LogP contribution in [0.1, 0.15) is 6.42 Å². The van der Waals surface area contributed by atoms with Crippen LogP contribution in [0.5, 0.6) is 0 Å². The van der Waals surface area contributed by atoms with Crippen LogP contribution < -0.4 is 0 Å². The molecule has 1 aliphatic carbocycles. The van der Waals surface area contributed by atoms with Crippen LogP contribution >= 0.6 is 0 Å². The average Bonchev–Trinajstić information content (AvgIpc) is 2.39. The van der Waals surface area contributed by atoms with Crippen molar-refractivity contribution in [1.82, 2.24) is 0 Å². The normalized spacial score (nSPS) is 33.6. The summed E-state index contributed by atoms with van der Waals surface area (Å²) < 4.78 is 34.6. The molecule has 4 heteroatoms. The fourth-order valence-electron chi connectivity index (χ4n) is 0.699. The van der Waals surface area contributed by atoms with E-state index in [2.05, 4.69) is 0 Å². The minimum absolute atomic E-state index is 0. The van der Waals surface area contributed by atoms with Crippen molar-refractivity contribution in [2.75, 3.05) is 0 Å². The molecule has 0 aliphatic heterocycles. The minimum Gasteiger partial charge on any atom is -0.198 e. The Bertz CT molecular complexity index is 155. The summed E-state index contributed by atoms with van der Waals surface area (Å²) in [7, 11) is 0. The van der Waals surface area contributed by atoms with Gasteiger partial charge in [-0.25, -0.2) is 0 Å². The van der Waals surface area contributed by atoms with Crippen LogP contribution in [0.25, 0.3) is 0 Å². The van der Waals surface area contributed by atoms with Gasteiger partial charge < -0.3 is 0 Å². The van der Waals surface area contributed by atoms with E-state index in [1.54, 1.807) is 6.07 Å². The Morgan fingerprint density at radius 1 is 1.44 bits per heavy atom. The Kier molecular flexibility index (Phi) is 1.16. The van der Waals surface area contributed by atoms with Crippen molar-refractivity contribution < 1.29 is 13.2 Å². The zero-order valence-corrected chi connectivity index (χ0v) is 4.44. The lowest BCUT2D eigenvalue weighted by molar-refractivity contribution is -0.149. The lowest BCUT2D eigenvalue weighted by atomic mass is 10.3. The van der Waals surface area contributed by atoms with Gasteiger partial charge in [-0.15, -0.1) is 0 Å². The summed E-state index contributed by atoms with van der Waals surface area (Å²) in [5.41, 5.74) is 0. The number of halogens is 3. The maximum absolute atomic E-state index is 11.5. The van der Waals surface area contributed by atoms with Crippen molar-refractivity contribution in [2.45, 2.75) is 12.6 Å². The highest BCUT2D eigenvalue weighted by Gasteiger charge is 2.56. The molecule has 0 heterocycles. The summed E-state index contributed by atoms with van der Waals surface area (Å²) in [5.74, 6) is -2.09. The lowest BCUT2D eigenvalue weighted by Crippen LogP contribution is -2.11. The Balaban J connectivity index is 2.45. The highest BCUT2D eigenvalue weighted by Crippen LogP contribution is 2.49. The SMILES string of the molecule is N#CC1CC1C(F)(F)F. The maximum atomic E-state index is 11.5. The summed E-state index contributed by atoms with van der Waals surface area (Å²) in [6.45, 7) is 0. The molecule has 50 valence electrons. The monoisotopic (exact) mass is 135 g/mol. The van der Waals surface area contributed by atoms with E-state index in [1.807, 2.05) is 0 Å². The minimum atomic E-state index is -4.14. The molecule has 0 aromatic heterocycles. The van der Waals surface area contributed by atoms with E-state index in [9.17, 15) is 13.2 Å². The quantitative estimate of drug-likeness (QED) is 0.496. The first-order valence-corrected chi connectivity index (χ1v) is 2.52. The smallest absolute Gasteiger partial charge is 0.198 e. The lowest BCUT2D eigenvalue weighted by Gasteiger charge is -2.00. The van der Waals surface area contributed by atoms with Crippen LogP contribution in [-0.2, 0) is 0 Å². The Hall–Kier alpha value is -0.720. The van der Waals surface area contributed by atoms with Crippen molar-refractivity contribution in [3.8, 4) is 6.07 Å². The van der Waals surface area contributed by atoms with E-state index in [0.29, 0.717) is 0 Å². The molecular weight excluding hydrogens is 131 g/mol. The predicted molar refractivity (Wildman–Crippen MR) is 23.3 cm³/mol. The summed E-state index contributed by atoms with van der Waals surface area (Å²) >= 11 is 0. The first kappa shape index (κ1) is 6.40. The van der Waals surface area contributed by atoms with Crippen LogP contribution in [-0.4, -0.2) is 6.18 Å². The molecule has 2 atom stereocenters. The fourth-order valence-corrected chi connectivity index (χ4v) is 0.699. The third-order valence-electron chi connectivity index (χ3n) is 1.38. The second kappa shape index (κ2) is 1.63. The van der Waals surface area contributed by atoms with Crippen molar-refractivity contribution in [1.29, 1.82) is 5.26 Å². The highest BCUT2D eigenvalue weighted by atomic mass is 19.4. The van der Waals surface area contributed by atoms with Gasteiger partial charge >= 0.3 is 6.18 Å². The molecule has 2 unspecified atom stereocenters. The van der Waals surface area contributed by atoms with Crippen LogP contribution in [0.4, 0.5) is 13.2 Å². The van der Waals surface area contributed by atoms with Gasteiger partial charge in [0.1, 0.15) is 0 Å². The Morgan fingerprint density at radius 3 is 2.11 bits per heavy atom. The van der Waals surface area contributed by atoms with E-state index in [0.717, 1.165) is 0 Å². The first-order valence-electron chi connectivity index (χ1n) is 2.52. The van der Waals surface area contributed by atoms with Crippen LogP contribution in [0, 0.1) is 23.2 Å². The van der Waals surface area contributed by atoms with Gasteiger partial charge in [-0.3, -0.25) is 0 Å². The number of nitrogens with zero attached hydrogens (tertiary/aromatic N) is 1. The Labute approximate surface area is 50.1 Å². The zero-order valence-electron chi connectivity index (χ0n) is 4.44. The highest BCUT2D eigenvalue weighted by molar-refractivity contribution is 5.04. The summed E-state index contributed by atoms with van der Waals surface area (Å²) in [6, 6.07) is 1.58. The van der Waals surface area contributed by atoms with Gasteiger partial charge in [0, 0.05) is 0 Å². The molecule has 0 aromatic rings. The molecule has 1 aliphatic rings. The first-order chi connectivity index (χ1) is 4.05. The summed E-state index contributed by atoms with van der Waals surface area (Å²) in [6.07, 6.45) is -4.14. The third-order valence-corrected chi connectivity index (χ3v) is 1.38. The van der Waals surface area contributed by atoms with Crippen LogP contribution in [0.3, 0.4) is 0 Å². The molecule has 0 radical (unpaired) electrons. The largest absolute Gasteiger partial charge is 0.393 e. The van der Waals surface area contributed by atoms with E-state index < -0.39 is 18.0 Å². The van der Waals surface area contributed by atoms with E-state index in [4.69, 9.17) is 5.26 Å². The van der Waals surface area contributed by atoms with Gasteiger partial charge in [0.25, 0.3) is 0 Å². The van der Waals surface area contributed by atoms with E-state index >= 15 is 0 Å². The molecule has 1 rings (SSSR count). The van der Waals surface area contributed by atoms with Crippen LogP contribution in [0.15, 0.2) is 0 Å². The molecule has 1 fully saturated rings. The summed E-state index contributed by atoms with van der Waals surface area (Å²) in [4.78, 5) is 0. The molecule has 0 aromatic carbocycles. The summed E-state index contributed by atoms with van der Waals surface area (Å²) in [5, 5.41) is 7.99. The molecule has 0 bridgehead atoms. The van der Waals surface area contributed by atoms with Gasteiger partial charge in [0.2, 0.25) is 0 Å². The average molecular weight is 135 g/mol. The van der Waals surface area contributed by atoms with Crippen molar-refractivity contribution in [2.24, 2.45) is 11.8 Å². The standard InChI is InChI=1S/C5H4F3N/c6-5(7,8)4-1-3(4)2-9/h3-4H,1H2. The van der Waals surface area contributed by atoms with E-state index in [-0.39, 0.29) is 6.42 Å². The second-order valence-electron chi connectivity index (χ2n) is 2.12. The third kappa shape index (κ3) is 1.15. The van der Waals surface area contributed by atoms with Gasteiger partial charge in [-0.1, -0.05) is 0 Å². The molecule has 0 spiro atoms. The van der Waals surface area contributed by atoms with E-state index in [1.165, 1.54) is 0 Å². The van der Waals surface area contributed by atoms with Gasteiger partial charge in [-0.05, 0) is 6.42 Å². The zero-order chi connectivity index (χ0) is 7.07. The molecule has 9 heavy (non-hydrogen) atoms. The van der Waals surface area contributed by atoms with Gasteiger partial charge in [-0.2, -0.15) is 18.4 Å². The topological polar surface area (TPSA) is 23.8 Å². The number of rotatable bonds is 0. The molecule has 1 saturated carbocycles. The van der Waals surface area contributed by atoms with Crippen LogP contribution in [0.2, 0.25) is 0 Å². The maximum Gasteiger partial charge on any atom is 0.393 e. The molecule has 0 saturated heterocycles. The van der Waals surface area contributed by atoms with Gasteiger partial charge in [0.05, 0.1) is 17.9 Å². The number of hydrogen-bond acceptors (Lipinski definition) is 1. The molecular formula is C5H4F3N. The Morgan fingerprint density at radius 2 is 2.00 bits per heavy atom. The number of nitriles is 1. The molecule has 0 amide bonds. The number of hydrogen-bond donors (Lipinski definition) is 0. The van der Waals surface area contributed by atoms with Crippen molar-refractivity contribution in [3.63, 3.8) is 0 Å². The molecule has 1 nitrogen and oxygen atoms in total. The fraction of sp³-hybridized carbons (Fsp3) is 0.800. The van der Waals surface area contributed by atoms with Gasteiger partial charge in [0.15, 0.2) is 0 Å². The van der Waals surface area contributed by atoms with Crippen molar-refractivity contribution >= 4 is 0 Å². The number of alkyl halides is 3. The predicted octanol–water partition coefficient (Wildman–Crippen LogP) is 1.71.